The van der Waals surface area contributed by atoms with Gasteiger partial charge in [0.05, 0.1) is 6.04 Å². The number of fused-ring (bicyclic) bond motifs is 1. The maximum Gasteiger partial charge on any atom is 0.289 e. The molecule has 1 saturated carbocycles. The highest BCUT2D eigenvalue weighted by atomic mass is 19.1. The fraction of sp³-hybridized carbons (Fsp3) is 0.545. The lowest BCUT2D eigenvalue weighted by molar-refractivity contribution is -0.151. The van der Waals surface area contributed by atoms with Gasteiger partial charge in [0.2, 0.25) is 5.91 Å². The van der Waals surface area contributed by atoms with Gasteiger partial charge in [-0.3, -0.25) is 9.59 Å². The monoisotopic (exact) mass is 404 g/mol. The first kappa shape index (κ1) is 21.3. The van der Waals surface area contributed by atoms with Gasteiger partial charge in [-0.25, -0.2) is 4.39 Å². The summed E-state index contributed by atoms with van der Waals surface area (Å²) < 4.78 is 24.4. The number of ether oxygens (including phenoxy) is 2. The Kier molecular flexibility index (Phi) is 7.63. The van der Waals surface area contributed by atoms with Gasteiger partial charge in [-0.15, -0.1) is 0 Å². The molecule has 1 aromatic rings. The van der Waals surface area contributed by atoms with E-state index in [0.717, 1.165) is 32.1 Å². The van der Waals surface area contributed by atoms with Gasteiger partial charge < -0.3 is 19.7 Å². The molecule has 2 atom stereocenters. The molecule has 2 amide bonds. The average Bonchev–Trinajstić information content (AvgIpc) is 2.72. The lowest BCUT2D eigenvalue weighted by Gasteiger charge is -2.44. The van der Waals surface area contributed by atoms with Crippen molar-refractivity contribution in [3.8, 4) is 0 Å². The predicted octanol–water partition coefficient (Wildman–Crippen LogP) is 2.88. The van der Waals surface area contributed by atoms with E-state index in [2.05, 4.69) is 5.32 Å². The predicted molar refractivity (Wildman–Crippen MR) is 107 cm³/mol. The molecule has 0 bridgehead atoms. The van der Waals surface area contributed by atoms with Crippen LogP contribution in [0, 0.1) is 5.82 Å². The Labute approximate surface area is 171 Å². The van der Waals surface area contributed by atoms with Crippen molar-refractivity contribution in [3.05, 3.63) is 41.4 Å². The molecule has 2 unspecified atom stereocenters. The summed E-state index contributed by atoms with van der Waals surface area (Å²) >= 11 is 0. The molecular weight excluding hydrogens is 375 g/mol. The highest BCUT2D eigenvalue weighted by Gasteiger charge is 2.42. The average molecular weight is 404 g/mol. The normalized spacial score (nSPS) is 22.9. The van der Waals surface area contributed by atoms with Crippen LogP contribution < -0.4 is 5.32 Å². The number of hydrogen-bond acceptors (Lipinski definition) is 4. The molecule has 1 saturated heterocycles. The summed E-state index contributed by atoms with van der Waals surface area (Å²) in [6.45, 7) is 3.72. The molecule has 1 aliphatic heterocycles. The van der Waals surface area contributed by atoms with Crippen LogP contribution in [0.3, 0.4) is 0 Å². The second-order valence-corrected chi connectivity index (χ2v) is 7.40. The molecule has 1 aliphatic carbocycles. The van der Waals surface area contributed by atoms with E-state index in [9.17, 15) is 14.0 Å². The maximum absolute atomic E-state index is 13.2. The number of rotatable bonds is 8. The quantitative estimate of drug-likeness (QED) is 0.534. The summed E-state index contributed by atoms with van der Waals surface area (Å²) in [5.41, 5.74) is 0.685. The molecule has 0 aromatic heterocycles. The Morgan fingerprint density at radius 3 is 2.83 bits per heavy atom. The van der Waals surface area contributed by atoms with E-state index in [4.69, 9.17) is 9.47 Å². The molecule has 0 spiro atoms. The minimum Gasteiger partial charge on any atom is -0.482 e. The number of carbonyl (C=O) groups is 2. The number of nitrogens with one attached hydrogen (secondary N) is 1. The van der Waals surface area contributed by atoms with Crippen LogP contribution in [-0.4, -0.2) is 55.2 Å². The number of hydrogen-bond donors (Lipinski definition) is 1. The highest BCUT2D eigenvalue weighted by molar-refractivity contribution is 5.98. The van der Waals surface area contributed by atoms with Gasteiger partial charge in [0.15, 0.2) is 5.76 Å². The fourth-order valence-corrected chi connectivity index (χ4v) is 3.83. The van der Waals surface area contributed by atoms with Crippen molar-refractivity contribution in [1.29, 1.82) is 0 Å². The topological polar surface area (TPSA) is 67.9 Å². The summed E-state index contributed by atoms with van der Waals surface area (Å²) in [4.78, 5) is 27.1. The van der Waals surface area contributed by atoms with Crippen LogP contribution in [0.5, 0.6) is 0 Å². The fourth-order valence-electron chi connectivity index (χ4n) is 3.83. The molecule has 1 N–H and O–H groups in total. The van der Waals surface area contributed by atoms with Crippen molar-refractivity contribution in [2.24, 2.45) is 0 Å². The van der Waals surface area contributed by atoms with Gasteiger partial charge in [-0.1, -0.05) is 18.6 Å². The number of morpholine rings is 1. The summed E-state index contributed by atoms with van der Waals surface area (Å²) in [5, 5.41) is 2.86. The lowest BCUT2D eigenvalue weighted by atomic mass is 9.89. The molecule has 7 heteroatoms. The van der Waals surface area contributed by atoms with Gasteiger partial charge in [0, 0.05) is 19.8 Å². The molecule has 6 nitrogen and oxygen atoms in total. The first-order valence-electron chi connectivity index (χ1n) is 10.4. The van der Waals surface area contributed by atoms with Gasteiger partial charge in [0.1, 0.15) is 18.5 Å². The molecule has 29 heavy (non-hydrogen) atoms. The number of benzene rings is 1. The van der Waals surface area contributed by atoms with Crippen LogP contribution in [0.4, 0.5) is 4.39 Å². The molecule has 158 valence electrons. The van der Waals surface area contributed by atoms with Crippen LogP contribution in [0.1, 0.15) is 44.6 Å². The zero-order valence-electron chi connectivity index (χ0n) is 16.9. The van der Waals surface area contributed by atoms with E-state index in [0.29, 0.717) is 25.3 Å². The van der Waals surface area contributed by atoms with Crippen molar-refractivity contribution in [1.82, 2.24) is 10.2 Å². The van der Waals surface area contributed by atoms with Gasteiger partial charge in [-0.2, -0.15) is 0 Å². The molecule has 3 rings (SSSR count). The second kappa shape index (κ2) is 10.4. The first-order chi connectivity index (χ1) is 14.1. The van der Waals surface area contributed by atoms with E-state index >= 15 is 0 Å². The number of nitrogens with zero attached hydrogens (tertiary/aromatic N) is 1. The van der Waals surface area contributed by atoms with Gasteiger partial charge in [-0.05, 0) is 56.4 Å². The summed E-state index contributed by atoms with van der Waals surface area (Å²) in [6.07, 6.45) is 5.98. The maximum atomic E-state index is 13.2. The van der Waals surface area contributed by atoms with Gasteiger partial charge in [0.25, 0.3) is 5.91 Å². The Morgan fingerprint density at radius 1 is 1.31 bits per heavy atom. The third-order valence-corrected chi connectivity index (χ3v) is 5.29. The molecule has 2 aliphatic rings. The van der Waals surface area contributed by atoms with E-state index in [-0.39, 0.29) is 42.1 Å². The lowest BCUT2D eigenvalue weighted by Crippen LogP contribution is -2.57. The van der Waals surface area contributed by atoms with Crippen LogP contribution in [0.2, 0.25) is 0 Å². The highest BCUT2D eigenvalue weighted by Crippen LogP contribution is 2.33. The standard InChI is InChI=1S/C22H29FN2O4/c1-2-28-13-5-12-24-21(26)15-25-18-6-3-4-7-19(18)29-20(22(25)27)14-16-8-10-17(23)11-9-16/h8-11,14,18-19H,2-7,12-13,15H2,1H3,(H,24,26)/b20-14+. The molecule has 2 fully saturated rings. The molecule has 1 aromatic carbocycles. The third-order valence-electron chi connectivity index (χ3n) is 5.29. The Morgan fingerprint density at radius 2 is 2.07 bits per heavy atom. The summed E-state index contributed by atoms with van der Waals surface area (Å²) in [6, 6.07) is 5.80. The SMILES string of the molecule is CCOCCCNC(=O)CN1C(=O)/C(=C\c2ccc(F)cc2)OC2CCCCC21. The van der Waals surface area contributed by atoms with E-state index in [1.54, 1.807) is 23.1 Å². The minimum absolute atomic E-state index is 0.0127. The van der Waals surface area contributed by atoms with E-state index in [1.807, 2.05) is 6.92 Å². The van der Waals surface area contributed by atoms with Crippen LogP contribution in [0.25, 0.3) is 6.08 Å². The molecular formula is C22H29FN2O4. The smallest absolute Gasteiger partial charge is 0.289 e. The van der Waals surface area contributed by atoms with Crippen molar-refractivity contribution in [2.45, 2.75) is 51.2 Å². The zero-order chi connectivity index (χ0) is 20.6. The van der Waals surface area contributed by atoms with E-state index in [1.165, 1.54) is 12.1 Å². The summed E-state index contributed by atoms with van der Waals surface area (Å²) in [5.74, 6) is -0.592. The number of halogens is 1. The number of amides is 2. The van der Waals surface area contributed by atoms with Gasteiger partial charge >= 0.3 is 0 Å². The number of carbonyl (C=O) groups excluding carboxylic acids is 2. The van der Waals surface area contributed by atoms with E-state index < -0.39 is 0 Å². The van der Waals surface area contributed by atoms with Crippen molar-refractivity contribution in [2.75, 3.05) is 26.3 Å². The second-order valence-electron chi connectivity index (χ2n) is 7.40. The Bertz CT molecular complexity index is 735. The van der Waals surface area contributed by atoms with Crippen molar-refractivity contribution in [3.63, 3.8) is 0 Å². The summed E-state index contributed by atoms with van der Waals surface area (Å²) in [7, 11) is 0. The minimum atomic E-state index is -0.335. The molecule has 1 heterocycles. The molecule has 0 radical (unpaired) electrons. The van der Waals surface area contributed by atoms with Crippen molar-refractivity contribution >= 4 is 17.9 Å². The first-order valence-corrected chi connectivity index (χ1v) is 10.4. The van der Waals surface area contributed by atoms with Crippen LogP contribution in [-0.2, 0) is 19.1 Å². The van der Waals surface area contributed by atoms with Crippen LogP contribution in [0.15, 0.2) is 30.0 Å². The largest absolute Gasteiger partial charge is 0.482 e. The Hall–Kier alpha value is -2.41. The van der Waals surface area contributed by atoms with Crippen molar-refractivity contribution < 1.29 is 23.5 Å². The third kappa shape index (κ3) is 5.79. The Balaban J connectivity index is 1.68. The zero-order valence-corrected chi connectivity index (χ0v) is 16.9. The van der Waals surface area contributed by atoms with Crippen LogP contribution >= 0.6 is 0 Å².